The van der Waals surface area contributed by atoms with Crippen LogP contribution in [-0.2, 0) is 4.74 Å². The molecule has 0 aromatic carbocycles. The zero-order valence-corrected chi connectivity index (χ0v) is 11.5. The first-order valence-corrected chi connectivity index (χ1v) is 6.84. The zero-order chi connectivity index (χ0) is 14.5. The van der Waals surface area contributed by atoms with E-state index in [9.17, 15) is 4.79 Å². The lowest BCUT2D eigenvalue weighted by atomic mass is 10.3. The number of carbonyl (C=O) groups excluding carboxylic acids is 1. The van der Waals surface area contributed by atoms with Crippen LogP contribution in [0.3, 0.4) is 0 Å². The van der Waals surface area contributed by atoms with Gasteiger partial charge in [0.1, 0.15) is 11.5 Å². The van der Waals surface area contributed by atoms with E-state index in [2.05, 4.69) is 20.2 Å². The van der Waals surface area contributed by atoms with Crippen LogP contribution in [0.25, 0.3) is 0 Å². The van der Waals surface area contributed by atoms with Crippen molar-refractivity contribution in [1.29, 1.82) is 0 Å². The van der Waals surface area contributed by atoms with Gasteiger partial charge in [0.05, 0.1) is 25.1 Å². The summed E-state index contributed by atoms with van der Waals surface area (Å²) in [6, 6.07) is 8.96. The van der Waals surface area contributed by atoms with Gasteiger partial charge in [-0.15, -0.1) is 0 Å². The highest BCUT2D eigenvalue weighted by Crippen LogP contribution is 2.16. The molecule has 0 radical (unpaired) electrons. The van der Waals surface area contributed by atoms with Gasteiger partial charge in [0.15, 0.2) is 0 Å². The molecule has 3 rings (SSSR count). The smallest absolute Gasteiger partial charge is 0.275 e. The van der Waals surface area contributed by atoms with Crippen molar-refractivity contribution < 1.29 is 9.53 Å². The number of anilines is 2. The molecule has 108 valence electrons. The number of nitrogens with one attached hydrogen (secondary N) is 1. The summed E-state index contributed by atoms with van der Waals surface area (Å²) in [4.78, 5) is 22.5. The first-order valence-electron chi connectivity index (χ1n) is 6.84. The van der Waals surface area contributed by atoms with E-state index in [4.69, 9.17) is 4.74 Å². The molecule has 0 atom stereocenters. The Bertz CT molecular complexity index is 595. The molecule has 1 amide bonds. The van der Waals surface area contributed by atoms with Gasteiger partial charge in [-0.1, -0.05) is 6.07 Å². The second kappa shape index (κ2) is 6.32. The molecule has 21 heavy (non-hydrogen) atoms. The van der Waals surface area contributed by atoms with Gasteiger partial charge >= 0.3 is 0 Å². The number of amides is 1. The fourth-order valence-electron chi connectivity index (χ4n) is 2.15. The fraction of sp³-hybridized carbons (Fsp3) is 0.267. The minimum atomic E-state index is -0.262. The summed E-state index contributed by atoms with van der Waals surface area (Å²) in [5, 5.41) is 2.73. The molecule has 3 heterocycles. The van der Waals surface area contributed by atoms with Crippen LogP contribution in [0.15, 0.2) is 42.7 Å². The summed E-state index contributed by atoms with van der Waals surface area (Å²) in [5.74, 6) is 0.255. The Morgan fingerprint density at radius 1 is 1.14 bits per heavy atom. The highest BCUT2D eigenvalue weighted by molar-refractivity contribution is 6.02. The topological polar surface area (TPSA) is 67.4 Å². The van der Waals surface area contributed by atoms with Crippen molar-refractivity contribution in [3.05, 3.63) is 48.4 Å². The van der Waals surface area contributed by atoms with Crippen LogP contribution < -0.4 is 10.2 Å². The Morgan fingerprint density at radius 2 is 2.00 bits per heavy atom. The molecule has 1 N–H and O–H groups in total. The molecule has 0 spiro atoms. The molecule has 0 bridgehead atoms. The second-order valence-corrected chi connectivity index (χ2v) is 4.67. The number of morpholine rings is 1. The van der Waals surface area contributed by atoms with Crippen LogP contribution in [0.4, 0.5) is 11.5 Å². The summed E-state index contributed by atoms with van der Waals surface area (Å²) >= 11 is 0. The molecule has 1 fully saturated rings. The molecule has 0 saturated carbocycles. The van der Waals surface area contributed by atoms with E-state index in [1.54, 1.807) is 36.7 Å². The molecule has 2 aromatic heterocycles. The minimum Gasteiger partial charge on any atom is -0.378 e. The van der Waals surface area contributed by atoms with Crippen molar-refractivity contribution in [3.63, 3.8) is 0 Å². The molecule has 2 aromatic rings. The largest absolute Gasteiger partial charge is 0.378 e. The van der Waals surface area contributed by atoms with E-state index in [-0.39, 0.29) is 5.91 Å². The molecule has 0 unspecified atom stereocenters. The summed E-state index contributed by atoms with van der Waals surface area (Å²) in [6.07, 6.45) is 3.35. The Balaban J connectivity index is 1.65. The van der Waals surface area contributed by atoms with Crippen molar-refractivity contribution in [2.24, 2.45) is 0 Å². The Kier molecular flexibility index (Phi) is 4.07. The molecule has 1 aliphatic heterocycles. The van der Waals surface area contributed by atoms with E-state index in [0.717, 1.165) is 32.0 Å². The Labute approximate surface area is 122 Å². The van der Waals surface area contributed by atoms with Crippen LogP contribution in [0, 0.1) is 0 Å². The summed E-state index contributed by atoms with van der Waals surface area (Å²) in [6.45, 7) is 3.19. The van der Waals surface area contributed by atoms with Gasteiger partial charge in [-0.25, -0.2) is 4.98 Å². The lowest BCUT2D eigenvalue weighted by molar-refractivity contribution is 0.102. The number of hydrogen-bond donors (Lipinski definition) is 1. The van der Waals surface area contributed by atoms with Crippen molar-refractivity contribution in [2.75, 3.05) is 36.5 Å². The molecule has 6 heteroatoms. The number of aromatic nitrogens is 2. The maximum atomic E-state index is 12.0. The molecule has 6 nitrogen and oxygen atoms in total. The highest BCUT2D eigenvalue weighted by atomic mass is 16.5. The predicted molar refractivity (Wildman–Crippen MR) is 79.5 cm³/mol. The normalized spacial score (nSPS) is 14.8. The Hall–Kier alpha value is -2.47. The van der Waals surface area contributed by atoms with E-state index in [0.29, 0.717) is 11.5 Å². The first kappa shape index (κ1) is 13.5. The maximum Gasteiger partial charge on any atom is 0.275 e. The average Bonchev–Trinajstić information content (AvgIpc) is 2.57. The van der Waals surface area contributed by atoms with E-state index in [1.807, 2.05) is 6.07 Å². The molecular weight excluding hydrogens is 268 g/mol. The van der Waals surface area contributed by atoms with Gasteiger partial charge in [-0.05, 0) is 24.3 Å². The van der Waals surface area contributed by atoms with Crippen LogP contribution >= 0.6 is 0 Å². The number of pyridine rings is 2. The predicted octanol–water partition coefficient (Wildman–Crippen LogP) is 1.57. The SMILES string of the molecule is O=C(Nc1ccc(N2CCOCC2)cn1)c1ccccn1. The van der Waals surface area contributed by atoms with Crippen LogP contribution in [0.5, 0.6) is 0 Å². The minimum absolute atomic E-state index is 0.262. The van der Waals surface area contributed by atoms with Crippen LogP contribution in [0.2, 0.25) is 0 Å². The molecule has 1 saturated heterocycles. The third-order valence-corrected chi connectivity index (χ3v) is 3.26. The second-order valence-electron chi connectivity index (χ2n) is 4.67. The monoisotopic (exact) mass is 284 g/mol. The number of ether oxygens (including phenoxy) is 1. The van der Waals surface area contributed by atoms with Gasteiger partial charge in [0.2, 0.25) is 0 Å². The summed E-state index contributed by atoms with van der Waals surface area (Å²) in [7, 11) is 0. The van der Waals surface area contributed by atoms with Gasteiger partial charge < -0.3 is 15.0 Å². The van der Waals surface area contributed by atoms with E-state index >= 15 is 0 Å². The highest BCUT2D eigenvalue weighted by Gasteiger charge is 2.12. The standard InChI is InChI=1S/C15H16N4O2/c20-15(13-3-1-2-6-16-13)18-14-5-4-12(11-17-14)19-7-9-21-10-8-19/h1-6,11H,7-10H2,(H,17,18,20). The summed E-state index contributed by atoms with van der Waals surface area (Å²) < 4.78 is 5.32. The van der Waals surface area contributed by atoms with Gasteiger partial charge in [-0.2, -0.15) is 0 Å². The number of carbonyl (C=O) groups is 1. The number of nitrogens with zero attached hydrogens (tertiary/aromatic N) is 3. The molecule has 1 aliphatic rings. The van der Waals surface area contributed by atoms with Crippen molar-refractivity contribution >= 4 is 17.4 Å². The van der Waals surface area contributed by atoms with Gasteiger partial charge in [0.25, 0.3) is 5.91 Å². The molecule has 0 aliphatic carbocycles. The summed E-state index contributed by atoms with van der Waals surface area (Å²) in [5.41, 5.74) is 1.41. The van der Waals surface area contributed by atoms with E-state index < -0.39 is 0 Å². The first-order chi connectivity index (χ1) is 10.3. The van der Waals surface area contributed by atoms with Crippen molar-refractivity contribution in [2.45, 2.75) is 0 Å². The zero-order valence-electron chi connectivity index (χ0n) is 11.5. The van der Waals surface area contributed by atoms with Crippen LogP contribution in [-0.4, -0.2) is 42.2 Å². The average molecular weight is 284 g/mol. The third-order valence-electron chi connectivity index (χ3n) is 3.26. The fourth-order valence-corrected chi connectivity index (χ4v) is 2.15. The maximum absolute atomic E-state index is 12.0. The van der Waals surface area contributed by atoms with Crippen molar-refractivity contribution in [3.8, 4) is 0 Å². The third kappa shape index (κ3) is 3.35. The van der Waals surface area contributed by atoms with Crippen molar-refractivity contribution in [1.82, 2.24) is 9.97 Å². The Morgan fingerprint density at radius 3 is 2.67 bits per heavy atom. The number of rotatable bonds is 3. The lowest BCUT2D eigenvalue weighted by Gasteiger charge is -2.28. The lowest BCUT2D eigenvalue weighted by Crippen LogP contribution is -2.36. The number of hydrogen-bond acceptors (Lipinski definition) is 5. The van der Waals surface area contributed by atoms with Gasteiger partial charge in [0, 0.05) is 19.3 Å². The molecular formula is C15H16N4O2. The van der Waals surface area contributed by atoms with E-state index in [1.165, 1.54) is 0 Å². The quantitative estimate of drug-likeness (QED) is 0.926. The van der Waals surface area contributed by atoms with Gasteiger partial charge in [-0.3, -0.25) is 9.78 Å². The van der Waals surface area contributed by atoms with Crippen LogP contribution in [0.1, 0.15) is 10.5 Å².